The molecule has 3 N–H and O–H groups in total. The Morgan fingerprint density at radius 1 is 1.21 bits per heavy atom. The quantitative estimate of drug-likeness (QED) is 0.840. The zero-order valence-corrected chi connectivity index (χ0v) is 11.2. The van der Waals surface area contributed by atoms with Crippen LogP contribution in [0.4, 0.5) is 5.69 Å². The van der Waals surface area contributed by atoms with Crippen molar-refractivity contribution < 1.29 is 4.79 Å². The van der Waals surface area contributed by atoms with E-state index in [9.17, 15) is 4.79 Å². The van der Waals surface area contributed by atoms with Crippen LogP contribution in [0.3, 0.4) is 0 Å². The second kappa shape index (κ2) is 5.58. The smallest absolute Gasteiger partial charge is 0.257 e. The van der Waals surface area contributed by atoms with E-state index in [1.54, 1.807) is 36.5 Å². The highest BCUT2D eigenvalue weighted by molar-refractivity contribution is 7.80. The normalized spacial score (nSPS) is 9.95. The maximum Gasteiger partial charge on any atom is 0.257 e. The average Bonchev–Trinajstić information content (AvgIpc) is 2.39. The number of nitrogens with zero attached hydrogens (tertiary/aromatic N) is 1. The van der Waals surface area contributed by atoms with E-state index in [1.807, 2.05) is 6.92 Å². The summed E-state index contributed by atoms with van der Waals surface area (Å²) < 4.78 is 0. The van der Waals surface area contributed by atoms with Crippen LogP contribution in [0.1, 0.15) is 21.5 Å². The van der Waals surface area contributed by atoms with Crippen LogP contribution in [0, 0.1) is 6.92 Å². The SMILES string of the molecule is Cc1cncc(C(=O)Nc2ccc(C(N)=S)cc2)c1. The number of hydrogen-bond donors (Lipinski definition) is 2. The van der Waals surface area contributed by atoms with E-state index in [4.69, 9.17) is 18.0 Å². The molecule has 96 valence electrons. The van der Waals surface area contributed by atoms with Gasteiger partial charge in [0, 0.05) is 23.6 Å². The van der Waals surface area contributed by atoms with Gasteiger partial charge >= 0.3 is 0 Å². The Morgan fingerprint density at radius 2 is 1.89 bits per heavy atom. The maximum atomic E-state index is 12.0. The van der Waals surface area contributed by atoms with Crippen LogP contribution in [0.2, 0.25) is 0 Å². The first-order valence-electron chi connectivity index (χ1n) is 5.69. The van der Waals surface area contributed by atoms with E-state index in [2.05, 4.69) is 10.3 Å². The molecule has 1 aromatic carbocycles. The molecule has 4 nitrogen and oxygen atoms in total. The molecular weight excluding hydrogens is 258 g/mol. The molecule has 5 heteroatoms. The molecule has 0 atom stereocenters. The van der Waals surface area contributed by atoms with Crippen LogP contribution in [0.5, 0.6) is 0 Å². The molecule has 0 aliphatic heterocycles. The molecule has 1 amide bonds. The van der Waals surface area contributed by atoms with Crippen LogP contribution >= 0.6 is 12.2 Å². The van der Waals surface area contributed by atoms with Crippen molar-refractivity contribution in [2.24, 2.45) is 5.73 Å². The third kappa shape index (κ3) is 3.35. The fourth-order valence-corrected chi connectivity index (χ4v) is 1.74. The lowest BCUT2D eigenvalue weighted by Gasteiger charge is -2.06. The highest BCUT2D eigenvalue weighted by atomic mass is 32.1. The molecule has 0 saturated carbocycles. The van der Waals surface area contributed by atoms with Gasteiger partial charge in [-0.25, -0.2) is 0 Å². The third-order valence-corrected chi connectivity index (χ3v) is 2.80. The molecule has 19 heavy (non-hydrogen) atoms. The zero-order valence-electron chi connectivity index (χ0n) is 10.4. The van der Waals surface area contributed by atoms with Crippen molar-refractivity contribution >= 4 is 28.8 Å². The average molecular weight is 271 g/mol. The Hall–Kier alpha value is -2.27. The number of aromatic nitrogens is 1. The summed E-state index contributed by atoms with van der Waals surface area (Å²) in [5.41, 5.74) is 8.43. The summed E-state index contributed by atoms with van der Waals surface area (Å²) in [7, 11) is 0. The molecule has 0 fully saturated rings. The van der Waals surface area contributed by atoms with Gasteiger partial charge in [-0.3, -0.25) is 9.78 Å². The number of nitrogens with one attached hydrogen (secondary N) is 1. The number of hydrogen-bond acceptors (Lipinski definition) is 3. The standard InChI is InChI=1S/C14H13N3OS/c1-9-6-11(8-16-7-9)14(18)17-12-4-2-10(3-5-12)13(15)19/h2-8H,1H3,(H2,15,19)(H,17,18). The van der Waals surface area contributed by atoms with Crippen LogP contribution in [0.25, 0.3) is 0 Å². The van der Waals surface area contributed by atoms with E-state index in [1.165, 1.54) is 6.20 Å². The van der Waals surface area contributed by atoms with Crippen molar-refractivity contribution in [1.82, 2.24) is 4.98 Å². The van der Waals surface area contributed by atoms with Gasteiger partial charge in [-0.15, -0.1) is 0 Å². The second-order valence-corrected chi connectivity index (χ2v) is 4.59. The summed E-state index contributed by atoms with van der Waals surface area (Å²) in [6.07, 6.45) is 3.24. The van der Waals surface area contributed by atoms with E-state index in [0.717, 1.165) is 11.1 Å². The molecule has 1 heterocycles. The summed E-state index contributed by atoms with van der Waals surface area (Å²) >= 11 is 4.87. The first-order chi connectivity index (χ1) is 9.06. The van der Waals surface area contributed by atoms with Crippen LogP contribution in [-0.4, -0.2) is 15.9 Å². The topological polar surface area (TPSA) is 68.0 Å². The zero-order chi connectivity index (χ0) is 13.8. The number of carbonyl (C=O) groups is 1. The maximum absolute atomic E-state index is 12.0. The third-order valence-electron chi connectivity index (χ3n) is 2.56. The Bertz CT molecular complexity index is 623. The summed E-state index contributed by atoms with van der Waals surface area (Å²) in [6.45, 7) is 1.89. The summed E-state index contributed by atoms with van der Waals surface area (Å²) in [6, 6.07) is 8.84. The van der Waals surface area contributed by atoms with E-state index in [0.29, 0.717) is 16.2 Å². The van der Waals surface area contributed by atoms with Crippen LogP contribution in [-0.2, 0) is 0 Å². The number of thiocarbonyl (C=S) groups is 1. The van der Waals surface area contributed by atoms with Gasteiger partial charge in [0.2, 0.25) is 0 Å². The molecular formula is C14H13N3OS. The summed E-state index contributed by atoms with van der Waals surface area (Å²) in [4.78, 5) is 16.3. The molecule has 0 aliphatic carbocycles. The number of pyridine rings is 1. The van der Waals surface area contributed by atoms with Crippen LogP contribution < -0.4 is 11.1 Å². The monoisotopic (exact) mass is 271 g/mol. The largest absolute Gasteiger partial charge is 0.389 e. The first kappa shape index (κ1) is 13.2. The molecule has 1 aromatic heterocycles. The van der Waals surface area contributed by atoms with Gasteiger partial charge in [-0.05, 0) is 42.8 Å². The molecule has 2 aromatic rings. The number of carbonyl (C=O) groups excluding carboxylic acids is 1. The fourth-order valence-electron chi connectivity index (χ4n) is 1.60. The minimum Gasteiger partial charge on any atom is -0.389 e. The number of amides is 1. The van der Waals surface area contributed by atoms with Gasteiger partial charge in [0.1, 0.15) is 4.99 Å². The van der Waals surface area contributed by atoms with Gasteiger partial charge in [0.15, 0.2) is 0 Å². The van der Waals surface area contributed by atoms with E-state index >= 15 is 0 Å². The number of anilines is 1. The predicted molar refractivity (Wildman–Crippen MR) is 79.3 cm³/mol. The van der Waals surface area contributed by atoms with Crippen molar-refractivity contribution in [3.8, 4) is 0 Å². The van der Waals surface area contributed by atoms with Crippen molar-refractivity contribution in [3.05, 3.63) is 59.4 Å². The van der Waals surface area contributed by atoms with Gasteiger partial charge in [-0.2, -0.15) is 0 Å². The Kier molecular flexibility index (Phi) is 3.87. The second-order valence-electron chi connectivity index (χ2n) is 4.15. The molecule has 0 aliphatic rings. The molecule has 0 unspecified atom stereocenters. The molecule has 2 rings (SSSR count). The van der Waals surface area contributed by atoms with Crippen molar-refractivity contribution in [2.45, 2.75) is 6.92 Å². The molecule has 0 saturated heterocycles. The lowest BCUT2D eigenvalue weighted by molar-refractivity contribution is 0.102. The van der Waals surface area contributed by atoms with Gasteiger partial charge < -0.3 is 11.1 Å². The Morgan fingerprint density at radius 3 is 2.47 bits per heavy atom. The lowest BCUT2D eigenvalue weighted by atomic mass is 10.2. The first-order valence-corrected chi connectivity index (χ1v) is 6.10. The minimum atomic E-state index is -0.195. The Balaban J connectivity index is 2.13. The fraction of sp³-hybridized carbons (Fsp3) is 0.0714. The number of benzene rings is 1. The van der Waals surface area contributed by atoms with Gasteiger partial charge in [0.25, 0.3) is 5.91 Å². The highest BCUT2D eigenvalue weighted by Gasteiger charge is 2.06. The van der Waals surface area contributed by atoms with E-state index in [-0.39, 0.29) is 5.91 Å². The minimum absolute atomic E-state index is 0.195. The van der Waals surface area contributed by atoms with Crippen molar-refractivity contribution in [2.75, 3.05) is 5.32 Å². The lowest BCUT2D eigenvalue weighted by Crippen LogP contribution is -2.13. The molecule has 0 spiro atoms. The number of aryl methyl sites for hydroxylation is 1. The van der Waals surface area contributed by atoms with E-state index < -0.39 is 0 Å². The number of nitrogens with two attached hydrogens (primary N) is 1. The van der Waals surface area contributed by atoms with Crippen molar-refractivity contribution in [1.29, 1.82) is 0 Å². The summed E-state index contributed by atoms with van der Waals surface area (Å²) in [5, 5.41) is 2.79. The summed E-state index contributed by atoms with van der Waals surface area (Å²) in [5.74, 6) is -0.195. The molecule has 0 bridgehead atoms. The predicted octanol–water partition coefficient (Wildman–Crippen LogP) is 2.28. The van der Waals surface area contributed by atoms with Gasteiger partial charge in [-0.1, -0.05) is 12.2 Å². The number of rotatable bonds is 3. The van der Waals surface area contributed by atoms with Gasteiger partial charge in [0.05, 0.1) is 5.56 Å². The highest BCUT2D eigenvalue weighted by Crippen LogP contribution is 2.11. The Labute approximate surface area is 116 Å². The van der Waals surface area contributed by atoms with Crippen LogP contribution in [0.15, 0.2) is 42.7 Å². The molecule has 0 radical (unpaired) electrons. The van der Waals surface area contributed by atoms with Crippen molar-refractivity contribution in [3.63, 3.8) is 0 Å².